The Bertz CT molecular complexity index is 2460. The van der Waals surface area contributed by atoms with Crippen molar-refractivity contribution in [3.8, 4) is 0 Å². The molecule has 9 N–H and O–H groups in total. The Balaban J connectivity index is -0.000000249. The molecular formula is C97H199N9O18. The molecule has 3 rings (SSSR count). The van der Waals surface area contributed by atoms with Gasteiger partial charge in [-0.05, 0) is 182 Å². The molecule has 0 bridgehead atoms. The first kappa shape index (κ1) is 132. The number of carbonyl (C=O) groups excluding carboxylic acids is 9. The van der Waals surface area contributed by atoms with Crippen molar-refractivity contribution in [3.05, 3.63) is 0 Å². The molecule has 3 fully saturated rings. The van der Waals surface area contributed by atoms with Crippen molar-refractivity contribution >= 4 is 53.7 Å². The minimum atomic E-state index is -0.225. The van der Waals surface area contributed by atoms with Crippen LogP contribution in [-0.2, 0) is 85.8 Å². The standard InChI is InChI=1S/3C12H23NO2.4C11H23NO2.2C8H17NO2.CH4/c3*1-9(2)13-10(3)12(14)15-11-7-5-4-6-8-11;3*1-8(2)12-9(3)10(13)14-7-11(4,5)6;1-7(2)10(12-8(3)4)11(13)14-9(5)6;2*1-5-11-8(10)7(4)9-6(2)3;/h3*9-11,13H,4-8H2,1-3H3;3*8-9,12H,7H2,1-6H3;7-10,12H,1-6H3;2*6-7,9H,5H2,1-4H3;1H4/t2*10-;;2*9-;;;2*7-;/m10.10..10./s1. The molecule has 124 heavy (non-hydrogen) atoms. The first-order valence-corrected chi connectivity index (χ1v) is 46.9. The zero-order valence-corrected chi connectivity index (χ0v) is 86.3. The smallest absolute Gasteiger partial charge is 0.323 e. The van der Waals surface area contributed by atoms with Gasteiger partial charge in [0.25, 0.3) is 0 Å². The topological polar surface area (TPSA) is 345 Å². The third-order valence-electron chi connectivity index (χ3n) is 17.3. The van der Waals surface area contributed by atoms with Crippen molar-refractivity contribution < 1.29 is 85.8 Å². The monoisotopic (exact) mass is 1780 g/mol. The number of carbonyl (C=O) groups is 9. The van der Waals surface area contributed by atoms with Gasteiger partial charge in [-0.1, -0.05) is 227 Å². The van der Waals surface area contributed by atoms with Crippen LogP contribution in [0.15, 0.2) is 0 Å². The van der Waals surface area contributed by atoms with E-state index in [-0.39, 0.29) is 162 Å². The zero-order valence-electron chi connectivity index (χ0n) is 86.3. The van der Waals surface area contributed by atoms with Crippen molar-refractivity contribution in [2.45, 2.75) is 521 Å². The van der Waals surface area contributed by atoms with E-state index in [2.05, 4.69) is 47.9 Å². The van der Waals surface area contributed by atoms with Crippen molar-refractivity contribution in [3.63, 3.8) is 0 Å². The van der Waals surface area contributed by atoms with E-state index in [1.165, 1.54) is 57.8 Å². The van der Waals surface area contributed by atoms with Crippen LogP contribution >= 0.6 is 0 Å². The molecule has 3 aliphatic carbocycles. The summed E-state index contributed by atoms with van der Waals surface area (Å²) in [6.45, 7) is 83.0. The van der Waals surface area contributed by atoms with Crippen LogP contribution in [0.2, 0.25) is 0 Å². The fourth-order valence-electron chi connectivity index (χ4n) is 11.9. The van der Waals surface area contributed by atoms with Crippen LogP contribution in [0.25, 0.3) is 0 Å². The lowest BCUT2D eigenvalue weighted by Crippen LogP contribution is -2.46. The summed E-state index contributed by atoms with van der Waals surface area (Å²) in [5.41, 5.74) is 0.105. The first-order valence-electron chi connectivity index (χ1n) is 46.9. The van der Waals surface area contributed by atoms with Crippen LogP contribution in [0.4, 0.5) is 0 Å². The summed E-state index contributed by atoms with van der Waals surface area (Å²) < 4.78 is 46.6. The highest BCUT2D eigenvalue weighted by molar-refractivity contribution is 5.79. The Hall–Kier alpha value is -5.13. The van der Waals surface area contributed by atoms with Gasteiger partial charge in [-0.25, -0.2) is 0 Å². The van der Waals surface area contributed by atoms with Crippen molar-refractivity contribution in [1.82, 2.24) is 47.9 Å². The normalized spacial score (nSPS) is 16.1. The van der Waals surface area contributed by atoms with Gasteiger partial charge in [0.2, 0.25) is 0 Å². The van der Waals surface area contributed by atoms with Crippen molar-refractivity contribution in [2.24, 2.45) is 22.2 Å². The molecule has 740 valence electrons. The molecule has 3 aliphatic rings. The number of nitrogens with one attached hydrogen (secondary N) is 9. The van der Waals surface area contributed by atoms with E-state index in [9.17, 15) is 43.2 Å². The van der Waals surface area contributed by atoms with E-state index in [0.29, 0.717) is 87.4 Å². The minimum absolute atomic E-state index is 0. The van der Waals surface area contributed by atoms with E-state index in [0.717, 1.165) is 38.5 Å². The van der Waals surface area contributed by atoms with Crippen molar-refractivity contribution in [2.75, 3.05) is 33.0 Å². The maximum absolute atomic E-state index is 11.7. The molecule has 0 spiro atoms. The molecular weight excluding hydrogens is 1580 g/mol. The summed E-state index contributed by atoms with van der Waals surface area (Å²) in [6.07, 6.45) is 17.8. The van der Waals surface area contributed by atoms with Gasteiger partial charge in [0.1, 0.15) is 72.7 Å². The molecule has 9 atom stereocenters. The summed E-state index contributed by atoms with van der Waals surface area (Å²) in [7, 11) is 0. The van der Waals surface area contributed by atoms with E-state index in [1.54, 1.807) is 27.7 Å². The third kappa shape index (κ3) is 86.3. The summed E-state index contributed by atoms with van der Waals surface area (Å²) in [5, 5.41) is 28.1. The summed E-state index contributed by atoms with van der Waals surface area (Å²) >= 11 is 0. The second-order valence-electron chi connectivity index (χ2n) is 40.0. The molecule has 0 heterocycles. The van der Waals surface area contributed by atoms with Gasteiger partial charge in [0, 0.05) is 54.4 Å². The lowest BCUT2D eigenvalue weighted by molar-refractivity contribution is -0.153. The van der Waals surface area contributed by atoms with E-state index in [4.69, 9.17) is 42.6 Å². The average Bonchev–Trinajstić information content (AvgIpc) is 0.918. The molecule has 0 aliphatic heterocycles. The fraction of sp³-hybridized carbons (Fsp3) is 0.907. The van der Waals surface area contributed by atoms with E-state index in [1.807, 2.05) is 256 Å². The summed E-state index contributed by atoms with van der Waals surface area (Å²) in [6, 6.07) is 0.939. The summed E-state index contributed by atoms with van der Waals surface area (Å²) in [5.74, 6) is -1.08. The minimum Gasteiger partial charge on any atom is -0.465 e. The fourth-order valence-corrected chi connectivity index (χ4v) is 11.9. The lowest BCUT2D eigenvalue weighted by Gasteiger charge is -2.24. The molecule has 0 aromatic carbocycles. The zero-order chi connectivity index (χ0) is 96.8. The number of hydrogen-bond acceptors (Lipinski definition) is 27. The predicted molar refractivity (Wildman–Crippen MR) is 510 cm³/mol. The largest absolute Gasteiger partial charge is 0.465 e. The Kier molecular flexibility index (Phi) is 79.4. The van der Waals surface area contributed by atoms with E-state index >= 15 is 0 Å². The van der Waals surface area contributed by atoms with Crippen LogP contribution < -0.4 is 47.9 Å². The number of rotatable bonds is 37. The Labute approximate surface area is 759 Å². The Morgan fingerprint density at radius 2 is 0.419 bits per heavy atom. The van der Waals surface area contributed by atoms with Crippen LogP contribution in [-0.4, -0.2) is 220 Å². The Morgan fingerprint density at radius 3 is 0.565 bits per heavy atom. The van der Waals surface area contributed by atoms with Gasteiger partial charge in [-0.2, -0.15) is 0 Å². The molecule has 3 unspecified atom stereocenters. The van der Waals surface area contributed by atoms with Gasteiger partial charge >= 0.3 is 53.7 Å². The highest BCUT2D eigenvalue weighted by Crippen LogP contribution is 2.24. The summed E-state index contributed by atoms with van der Waals surface area (Å²) in [4.78, 5) is 103. The Morgan fingerprint density at radius 1 is 0.250 bits per heavy atom. The van der Waals surface area contributed by atoms with Gasteiger partial charge in [-0.3, -0.25) is 43.2 Å². The first-order chi connectivity index (χ1) is 56.4. The highest BCUT2D eigenvalue weighted by atomic mass is 16.6. The molecule has 3 saturated carbocycles. The van der Waals surface area contributed by atoms with Crippen molar-refractivity contribution in [1.29, 1.82) is 0 Å². The predicted octanol–water partition coefficient (Wildman–Crippen LogP) is 17.1. The number of hydrogen-bond donors (Lipinski definition) is 9. The second-order valence-corrected chi connectivity index (χ2v) is 40.0. The average molecular weight is 1780 g/mol. The number of esters is 9. The SMILES string of the molecule is C.CC(C)NC(C(=O)OC(C)C)C(C)C.CC(C)NC(C)C(=O)OC1CCCCC1.CC(C)NC(C)C(=O)OCC(C)(C)C.CC(C)N[C@@H](C)C(=O)OC1CCCCC1.CC(C)N[C@@H](C)C(=O)OCC(C)(C)C.CC(C)N[C@H](C)C(=O)OC1CCCCC1.CC(C)N[C@H](C)C(=O)OCC(C)(C)C.CCOC(=O)[C@@H](C)NC(C)C.CCOC(=O)[C@H](C)NC(C)C. The molecule has 0 aromatic rings. The van der Waals surface area contributed by atoms with Crippen LogP contribution in [0.5, 0.6) is 0 Å². The molecule has 0 saturated heterocycles. The lowest BCUT2D eigenvalue weighted by atomic mass is 9.98. The molecule has 0 aromatic heterocycles. The van der Waals surface area contributed by atoms with Gasteiger partial charge in [0.15, 0.2) is 0 Å². The van der Waals surface area contributed by atoms with Gasteiger partial charge in [0.05, 0.1) is 39.1 Å². The van der Waals surface area contributed by atoms with Crippen LogP contribution in [0, 0.1) is 22.2 Å². The maximum atomic E-state index is 11.7. The number of ether oxygens (including phenoxy) is 9. The molecule has 0 amide bonds. The molecule has 27 heteroatoms. The van der Waals surface area contributed by atoms with Crippen LogP contribution in [0.1, 0.15) is 388 Å². The molecule has 0 radical (unpaired) electrons. The highest BCUT2D eigenvalue weighted by Gasteiger charge is 2.29. The van der Waals surface area contributed by atoms with Gasteiger partial charge in [-0.15, -0.1) is 0 Å². The van der Waals surface area contributed by atoms with Gasteiger partial charge < -0.3 is 90.5 Å². The van der Waals surface area contributed by atoms with Crippen LogP contribution in [0.3, 0.4) is 0 Å². The van der Waals surface area contributed by atoms with E-state index < -0.39 is 0 Å². The second kappa shape index (κ2) is 74.6. The quantitative estimate of drug-likeness (QED) is 0.0206. The third-order valence-corrected chi connectivity index (χ3v) is 17.3. The maximum Gasteiger partial charge on any atom is 0.323 e. The molecule has 27 nitrogen and oxygen atoms in total.